The van der Waals surface area contributed by atoms with Crippen LogP contribution in [0, 0.1) is 6.92 Å². The van der Waals surface area contributed by atoms with Gasteiger partial charge < -0.3 is 16.0 Å². The Morgan fingerprint density at radius 1 is 1.23 bits per heavy atom. The van der Waals surface area contributed by atoms with Gasteiger partial charge in [-0.15, -0.1) is 24.0 Å². The molecule has 1 aromatic carbocycles. The molecule has 1 amide bonds. The van der Waals surface area contributed by atoms with Crippen molar-refractivity contribution in [2.24, 2.45) is 12.0 Å². The molecule has 9 heteroatoms. The van der Waals surface area contributed by atoms with Gasteiger partial charge in [0.1, 0.15) is 18.7 Å². The number of nitrogens with zero attached hydrogens (tertiary/aromatic N) is 4. The lowest BCUT2D eigenvalue weighted by atomic mass is 10.1. The predicted molar refractivity (Wildman–Crippen MR) is 113 cm³/mol. The zero-order chi connectivity index (χ0) is 18.1. The maximum absolute atomic E-state index is 12.1. The highest BCUT2D eigenvalue weighted by Crippen LogP contribution is 2.03. The Morgan fingerprint density at radius 3 is 2.65 bits per heavy atom. The van der Waals surface area contributed by atoms with E-state index in [1.807, 2.05) is 45.2 Å². The average molecular weight is 471 g/mol. The summed E-state index contributed by atoms with van der Waals surface area (Å²) in [5.74, 6) is 1.38. The van der Waals surface area contributed by atoms with E-state index >= 15 is 0 Å². The monoisotopic (exact) mass is 471 g/mol. The molecule has 0 fully saturated rings. The molecule has 142 valence electrons. The number of benzene rings is 1. The van der Waals surface area contributed by atoms with Gasteiger partial charge in [-0.3, -0.25) is 9.48 Å². The minimum atomic E-state index is -0.0773. The third-order valence-corrected chi connectivity index (χ3v) is 3.51. The second kappa shape index (κ2) is 11.4. The van der Waals surface area contributed by atoms with Gasteiger partial charge in [0.15, 0.2) is 5.96 Å². The quantitative estimate of drug-likeness (QED) is 0.244. The third-order valence-electron chi connectivity index (χ3n) is 3.51. The molecule has 0 aliphatic rings. The van der Waals surface area contributed by atoms with Crippen LogP contribution in [0.2, 0.25) is 0 Å². The largest absolute Gasteiger partial charge is 0.357 e. The van der Waals surface area contributed by atoms with Gasteiger partial charge in [-0.05, 0) is 26.0 Å². The van der Waals surface area contributed by atoms with E-state index in [2.05, 4.69) is 31.0 Å². The first-order valence-corrected chi connectivity index (χ1v) is 8.30. The molecular weight excluding hydrogens is 445 g/mol. The maximum atomic E-state index is 12.1. The Kier molecular flexibility index (Phi) is 9.63. The minimum Gasteiger partial charge on any atom is -0.357 e. The molecule has 0 unspecified atom stereocenters. The van der Waals surface area contributed by atoms with Crippen LogP contribution >= 0.6 is 24.0 Å². The molecule has 1 aromatic heterocycles. The van der Waals surface area contributed by atoms with E-state index in [9.17, 15) is 4.79 Å². The van der Waals surface area contributed by atoms with Gasteiger partial charge in [0.05, 0.1) is 0 Å². The molecule has 2 rings (SSSR count). The van der Waals surface area contributed by atoms with Crippen molar-refractivity contribution in [3.8, 4) is 0 Å². The molecule has 26 heavy (non-hydrogen) atoms. The Hall–Kier alpha value is -2.17. The topological polar surface area (TPSA) is 96.2 Å². The molecule has 0 aliphatic heterocycles. The van der Waals surface area contributed by atoms with E-state index in [1.54, 1.807) is 4.68 Å². The number of amides is 1. The molecule has 0 radical (unpaired) electrons. The Labute approximate surface area is 170 Å². The first-order chi connectivity index (χ1) is 12.1. The Morgan fingerprint density at radius 2 is 2.00 bits per heavy atom. The zero-order valence-electron chi connectivity index (χ0n) is 15.3. The van der Waals surface area contributed by atoms with Crippen LogP contribution in [-0.2, 0) is 13.6 Å². The summed E-state index contributed by atoms with van der Waals surface area (Å²) in [4.78, 5) is 20.7. The molecule has 8 nitrogen and oxygen atoms in total. The Balaban J connectivity index is 0.00000338. The summed E-state index contributed by atoms with van der Waals surface area (Å²) in [7, 11) is 1.83. The van der Waals surface area contributed by atoms with E-state index in [0.717, 1.165) is 17.9 Å². The smallest absolute Gasteiger partial charge is 0.251 e. The van der Waals surface area contributed by atoms with Crippen LogP contribution in [-0.4, -0.2) is 46.3 Å². The van der Waals surface area contributed by atoms with Crippen LogP contribution in [0.1, 0.15) is 28.7 Å². The normalized spacial score (nSPS) is 10.8. The molecule has 1 heterocycles. The van der Waals surface area contributed by atoms with Crippen LogP contribution in [0.3, 0.4) is 0 Å². The summed E-state index contributed by atoms with van der Waals surface area (Å²) < 4.78 is 1.69. The van der Waals surface area contributed by atoms with Gasteiger partial charge >= 0.3 is 0 Å². The number of aromatic nitrogens is 3. The van der Waals surface area contributed by atoms with Crippen LogP contribution in [0.25, 0.3) is 0 Å². The summed E-state index contributed by atoms with van der Waals surface area (Å²) in [6.45, 7) is 6.22. The molecular formula is C17H26IN7O. The van der Waals surface area contributed by atoms with Gasteiger partial charge in [-0.1, -0.05) is 17.7 Å². The first-order valence-electron chi connectivity index (χ1n) is 8.30. The van der Waals surface area contributed by atoms with Gasteiger partial charge in [0, 0.05) is 32.2 Å². The predicted octanol–water partition coefficient (Wildman–Crippen LogP) is 1.23. The lowest BCUT2D eigenvalue weighted by Crippen LogP contribution is -2.41. The number of nitrogens with one attached hydrogen (secondary N) is 3. The van der Waals surface area contributed by atoms with Gasteiger partial charge in [0.25, 0.3) is 5.91 Å². The second-order valence-corrected chi connectivity index (χ2v) is 5.55. The molecule has 3 N–H and O–H groups in total. The summed E-state index contributed by atoms with van der Waals surface area (Å²) >= 11 is 0. The summed E-state index contributed by atoms with van der Waals surface area (Å²) in [5.41, 5.74) is 1.74. The summed E-state index contributed by atoms with van der Waals surface area (Å²) in [5, 5.41) is 13.3. The van der Waals surface area contributed by atoms with Crippen molar-refractivity contribution in [3.05, 3.63) is 47.5 Å². The van der Waals surface area contributed by atoms with Crippen LogP contribution in [0.15, 0.2) is 35.6 Å². The van der Waals surface area contributed by atoms with Crippen molar-refractivity contribution < 1.29 is 4.79 Å². The summed E-state index contributed by atoms with van der Waals surface area (Å²) in [6, 6.07) is 7.52. The molecule has 2 aromatic rings. The highest BCUT2D eigenvalue weighted by molar-refractivity contribution is 14.0. The van der Waals surface area contributed by atoms with Crippen LogP contribution < -0.4 is 16.0 Å². The van der Waals surface area contributed by atoms with Crippen molar-refractivity contribution >= 4 is 35.8 Å². The number of carbonyl (C=O) groups excluding carboxylic acids is 1. The number of rotatable bonds is 7. The van der Waals surface area contributed by atoms with E-state index in [-0.39, 0.29) is 29.9 Å². The maximum Gasteiger partial charge on any atom is 0.251 e. The van der Waals surface area contributed by atoms with Crippen LogP contribution in [0.5, 0.6) is 0 Å². The highest BCUT2D eigenvalue weighted by atomic mass is 127. The van der Waals surface area contributed by atoms with Crippen molar-refractivity contribution in [2.75, 3.05) is 19.6 Å². The number of hydrogen-bond donors (Lipinski definition) is 3. The van der Waals surface area contributed by atoms with Crippen molar-refractivity contribution in [2.45, 2.75) is 20.4 Å². The molecule has 0 atom stereocenters. The molecule has 0 bridgehead atoms. The lowest BCUT2D eigenvalue weighted by Gasteiger charge is -2.12. The lowest BCUT2D eigenvalue weighted by molar-refractivity contribution is 0.0954. The van der Waals surface area contributed by atoms with E-state index in [1.165, 1.54) is 6.33 Å². The number of aryl methyl sites for hydroxylation is 2. The second-order valence-electron chi connectivity index (χ2n) is 5.55. The number of carbonyl (C=O) groups is 1. The Bertz CT molecular complexity index is 729. The van der Waals surface area contributed by atoms with Crippen molar-refractivity contribution in [1.29, 1.82) is 0 Å². The number of hydrogen-bond acceptors (Lipinski definition) is 4. The van der Waals surface area contributed by atoms with E-state index in [4.69, 9.17) is 0 Å². The fourth-order valence-electron chi connectivity index (χ4n) is 2.20. The van der Waals surface area contributed by atoms with Gasteiger partial charge in [-0.2, -0.15) is 5.10 Å². The molecule has 0 saturated carbocycles. The average Bonchev–Trinajstić information content (AvgIpc) is 3.01. The zero-order valence-corrected chi connectivity index (χ0v) is 17.7. The summed E-state index contributed by atoms with van der Waals surface area (Å²) in [6.07, 6.45) is 1.51. The van der Waals surface area contributed by atoms with Crippen LogP contribution in [0.4, 0.5) is 0 Å². The SMILES string of the molecule is CCNC(=NCc1ncnn1C)NCCNC(=O)c1cccc(C)c1.I. The van der Waals surface area contributed by atoms with Crippen molar-refractivity contribution in [1.82, 2.24) is 30.7 Å². The van der Waals surface area contributed by atoms with Crippen molar-refractivity contribution in [3.63, 3.8) is 0 Å². The third kappa shape index (κ3) is 6.98. The van der Waals surface area contributed by atoms with Gasteiger partial charge in [0.2, 0.25) is 0 Å². The highest BCUT2D eigenvalue weighted by Gasteiger charge is 2.05. The first kappa shape index (κ1) is 21.9. The fraction of sp³-hybridized carbons (Fsp3) is 0.412. The van der Waals surface area contributed by atoms with E-state index in [0.29, 0.717) is 31.2 Å². The fourth-order valence-corrected chi connectivity index (χ4v) is 2.20. The number of aliphatic imine (C=N–C) groups is 1. The van der Waals surface area contributed by atoms with E-state index < -0.39 is 0 Å². The minimum absolute atomic E-state index is 0. The van der Waals surface area contributed by atoms with Gasteiger partial charge in [-0.25, -0.2) is 9.98 Å². The standard InChI is InChI=1S/C17H25N7O.HI/c1-4-18-17(21-11-15-22-12-23-24(15)3)20-9-8-19-16(25)14-7-5-6-13(2)10-14;/h5-7,10,12H,4,8-9,11H2,1-3H3,(H,19,25)(H2,18,20,21);1H. The molecule has 0 aliphatic carbocycles. The number of halogens is 1. The number of guanidine groups is 1. The molecule has 0 saturated heterocycles. The molecule has 0 spiro atoms.